The van der Waals surface area contributed by atoms with Crippen molar-refractivity contribution in [3.05, 3.63) is 57.9 Å². The quantitative estimate of drug-likeness (QED) is 0.744. The maximum Gasteiger partial charge on any atom is 0.321 e. The summed E-state index contributed by atoms with van der Waals surface area (Å²) in [6.07, 6.45) is 0. The number of carbonyl (C=O) groups excluding carboxylic acids is 1. The van der Waals surface area contributed by atoms with Crippen LogP contribution < -0.4 is 10.2 Å². The minimum atomic E-state index is -0.232. The molecule has 3 rings (SSSR count). The van der Waals surface area contributed by atoms with E-state index in [1.165, 1.54) is 12.1 Å². The lowest BCUT2D eigenvalue weighted by molar-refractivity contribution is 0.208. The van der Waals surface area contributed by atoms with Gasteiger partial charge in [-0.1, -0.05) is 0 Å². The van der Waals surface area contributed by atoms with Crippen molar-refractivity contribution in [3.8, 4) is 0 Å². The minimum absolute atomic E-state index is 0.0787. The molecule has 0 radical (unpaired) electrons. The van der Waals surface area contributed by atoms with Gasteiger partial charge >= 0.3 is 6.03 Å². The summed E-state index contributed by atoms with van der Waals surface area (Å²) in [4.78, 5) is 16.2. The molecule has 0 saturated carbocycles. The lowest BCUT2D eigenvalue weighted by Gasteiger charge is -2.36. The summed E-state index contributed by atoms with van der Waals surface area (Å²) in [5, 5.41) is 2.92. The zero-order valence-corrected chi connectivity index (χ0v) is 14.7. The molecule has 1 saturated heterocycles. The zero-order valence-electron chi connectivity index (χ0n) is 12.5. The lowest BCUT2D eigenvalue weighted by atomic mass is 10.2. The van der Waals surface area contributed by atoms with E-state index in [9.17, 15) is 9.18 Å². The van der Waals surface area contributed by atoms with E-state index in [4.69, 9.17) is 0 Å². The standard InChI is InChI=1S/C17H17FIN3O/c18-13-1-7-16(8-2-13)21-9-11-22(12-10-21)17(23)20-15-5-3-14(19)4-6-15/h1-8H,9-12H2,(H,20,23). The molecule has 4 nitrogen and oxygen atoms in total. The smallest absolute Gasteiger partial charge is 0.321 e. The van der Waals surface area contributed by atoms with Crippen molar-refractivity contribution >= 4 is 40.0 Å². The van der Waals surface area contributed by atoms with Gasteiger partial charge in [-0.25, -0.2) is 9.18 Å². The molecule has 0 spiro atoms. The topological polar surface area (TPSA) is 35.6 Å². The van der Waals surface area contributed by atoms with Gasteiger partial charge in [0.2, 0.25) is 0 Å². The van der Waals surface area contributed by atoms with Gasteiger partial charge in [-0.15, -0.1) is 0 Å². The van der Waals surface area contributed by atoms with Crippen LogP contribution in [-0.2, 0) is 0 Å². The normalized spacial score (nSPS) is 14.7. The Morgan fingerprint density at radius 1 is 0.957 bits per heavy atom. The molecule has 1 aliphatic heterocycles. The summed E-state index contributed by atoms with van der Waals surface area (Å²) in [5.74, 6) is -0.232. The number of nitrogens with one attached hydrogen (secondary N) is 1. The molecule has 1 fully saturated rings. The number of anilines is 2. The largest absolute Gasteiger partial charge is 0.368 e. The molecule has 2 aromatic rings. The Kier molecular flexibility index (Phi) is 5.00. The molecule has 2 aromatic carbocycles. The molecular formula is C17H17FIN3O. The van der Waals surface area contributed by atoms with Crippen molar-refractivity contribution in [1.29, 1.82) is 0 Å². The summed E-state index contributed by atoms with van der Waals surface area (Å²) in [6.45, 7) is 2.78. The second kappa shape index (κ2) is 7.16. The number of hydrogen-bond acceptors (Lipinski definition) is 2. The van der Waals surface area contributed by atoms with Gasteiger partial charge in [0.05, 0.1) is 0 Å². The first-order valence-electron chi connectivity index (χ1n) is 7.44. The van der Waals surface area contributed by atoms with Gasteiger partial charge in [0.25, 0.3) is 0 Å². The van der Waals surface area contributed by atoms with E-state index >= 15 is 0 Å². The molecule has 0 aromatic heterocycles. The van der Waals surface area contributed by atoms with E-state index in [1.54, 1.807) is 17.0 Å². The lowest BCUT2D eigenvalue weighted by Crippen LogP contribution is -2.50. The van der Waals surface area contributed by atoms with Crippen LogP contribution in [0.5, 0.6) is 0 Å². The number of benzene rings is 2. The second-order valence-corrected chi connectivity index (χ2v) is 6.63. The molecule has 23 heavy (non-hydrogen) atoms. The molecule has 1 N–H and O–H groups in total. The highest BCUT2D eigenvalue weighted by molar-refractivity contribution is 14.1. The number of halogens is 2. The molecule has 6 heteroatoms. The predicted octanol–water partition coefficient (Wildman–Crippen LogP) is 3.78. The molecule has 1 heterocycles. The number of hydrogen-bond donors (Lipinski definition) is 1. The highest BCUT2D eigenvalue weighted by atomic mass is 127. The van der Waals surface area contributed by atoms with Crippen LogP contribution in [0, 0.1) is 9.39 Å². The Hall–Kier alpha value is -1.83. The molecule has 0 bridgehead atoms. The average Bonchev–Trinajstić information content (AvgIpc) is 2.58. The minimum Gasteiger partial charge on any atom is -0.368 e. The molecule has 0 aliphatic carbocycles. The number of amides is 2. The van der Waals surface area contributed by atoms with Crippen LogP contribution in [0.25, 0.3) is 0 Å². The fourth-order valence-electron chi connectivity index (χ4n) is 2.56. The summed E-state index contributed by atoms with van der Waals surface area (Å²) in [7, 11) is 0. The van der Waals surface area contributed by atoms with Crippen molar-refractivity contribution in [2.45, 2.75) is 0 Å². The number of nitrogens with zero attached hydrogens (tertiary/aromatic N) is 2. The fourth-order valence-corrected chi connectivity index (χ4v) is 2.91. The van der Waals surface area contributed by atoms with Crippen LogP contribution in [0.1, 0.15) is 0 Å². The second-order valence-electron chi connectivity index (χ2n) is 5.39. The molecule has 0 unspecified atom stereocenters. The maximum absolute atomic E-state index is 13.0. The third kappa shape index (κ3) is 4.13. The summed E-state index contributed by atoms with van der Waals surface area (Å²) in [6, 6.07) is 14.1. The van der Waals surface area contributed by atoms with Gasteiger partial charge in [0, 0.05) is 41.1 Å². The van der Waals surface area contributed by atoms with Crippen LogP contribution in [0.4, 0.5) is 20.6 Å². The third-order valence-electron chi connectivity index (χ3n) is 3.85. The van der Waals surface area contributed by atoms with Crippen molar-refractivity contribution < 1.29 is 9.18 Å². The SMILES string of the molecule is O=C(Nc1ccc(I)cc1)N1CCN(c2ccc(F)cc2)CC1. The summed E-state index contributed by atoms with van der Waals surface area (Å²) < 4.78 is 14.1. The van der Waals surface area contributed by atoms with Gasteiger partial charge in [0.15, 0.2) is 0 Å². The van der Waals surface area contributed by atoms with Crippen LogP contribution >= 0.6 is 22.6 Å². The van der Waals surface area contributed by atoms with Crippen molar-refractivity contribution in [1.82, 2.24) is 4.90 Å². The highest BCUT2D eigenvalue weighted by Gasteiger charge is 2.21. The summed E-state index contributed by atoms with van der Waals surface area (Å²) in [5.41, 5.74) is 1.79. The molecular weight excluding hydrogens is 408 g/mol. The van der Waals surface area contributed by atoms with Crippen molar-refractivity contribution in [3.63, 3.8) is 0 Å². The Labute approximate surface area is 148 Å². The van der Waals surface area contributed by atoms with Crippen molar-refractivity contribution in [2.75, 3.05) is 36.4 Å². The van der Waals surface area contributed by atoms with Crippen LogP contribution in [0.3, 0.4) is 0 Å². The maximum atomic E-state index is 13.0. The Balaban J connectivity index is 1.54. The average molecular weight is 425 g/mol. The van der Waals surface area contributed by atoms with Crippen LogP contribution in [0.15, 0.2) is 48.5 Å². The first kappa shape index (κ1) is 16.0. The van der Waals surface area contributed by atoms with Crippen LogP contribution in [-0.4, -0.2) is 37.1 Å². The Morgan fingerprint density at radius 2 is 1.57 bits per heavy atom. The van der Waals surface area contributed by atoms with Gasteiger partial charge in [0.1, 0.15) is 5.82 Å². The first-order chi connectivity index (χ1) is 11.1. The van der Waals surface area contributed by atoms with E-state index in [-0.39, 0.29) is 11.8 Å². The molecule has 1 aliphatic rings. The van der Waals surface area contributed by atoms with Gasteiger partial charge < -0.3 is 15.1 Å². The molecule has 2 amide bonds. The summed E-state index contributed by atoms with van der Waals surface area (Å²) >= 11 is 2.23. The number of piperazine rings is 1. The molecule has 120 valence electrons. The molecule has 0 atom stereocenters. The third-order valence-corrected chi connectivity index (χ3v) is 4.57. The van der Waals surface area contributed by atoms with E-state index in [0.717, 1.165) is 28.0 Å². The Morgan fingerprint density at radius 3 is 2.17 bits per heavy atom. The van der Waals surface area contributed by atoms with E-state index in [2.05, 4.69) is 32.8 Å². The number of carbonyl (C=O) groups is 1. The van der Waals surface area contributed by atoms with Crippen molar-refractivity contribution in [2.24, 2.45) is 0 Å². The van der Waals surface area contributed by atoms with Crippen LogP contribution in [0.2, 0.25) is 0 Å². The Bertz CT molecular complexity index is 667. The first-order valence-corrected chi connectivity index (χ1v) is 8.52. The van der Waals surface area contributed by atoms with E-state index < -0.39 is 0 Å². The van der Waals surface area contributed by atoms with Gasteiger partial charge in [-0.3, -0.25) is 0 Å². The number of rotatable bonds is 2. The predicted molar refractivity (Wildman–Crippen MR) is 98.4 cm³/mol. The van der Waals surface area contributed by atoms with Gasteiger partial charge in [-0.2, -0.15) is 0 Å². The van der Waals surface area contributed by atoms with Gasteiger partial charge in [-0.05, 0) is 71.1 Å². The number of urea groups is 1. The monoisotopic (exact) mass is 425 g/mol. The fraction of sp³-hybridized carbons (Fsp3) is 0.235. The highest BCUT2D eigenvalue weighted by Crippen LogP contribution is 2.18. The van der Waals surface area contributed by atoms with E-state index in [0.29, 0.717) is 13.1 Å². The van der Waals surface area contributed by atoms with E-state index in [1.807, 2.05) is 24.3 Å². The zero-order chi connectivity index (χ0) is 16.2.